The maximum Gasteiger partial charge on any atom is 0.290 e. The lowest BCUT2D eigenvalue weighted by Gasteiger charge is -2.26. The van der Waals surface area contributed by atoms with E-state index in [-0.39, 0.29) is 11.4 Å². The van der Waals surface area contributed by atoms with E-state index in [1.54, 1.807) is 4.90 Å². The van der Waals surface area contributed by atoms with Gasteiger partial charge in [0.15, 0.2) is 11.5 Å². The number of hydrogen-bond acceptors (Lipinski definition) is 3. The van der Waals surface area contributed by atoms with Crippen LogP contribution in [0.25, 0.3) is 10.9 Å². The monoisotopic (exact) mass is 388 g/mol. The van der Waals surface area contributed by atoms with Gasteiger partial charge in [-0.2, -0.15) is 0 Å². The molecule has 0 unspecified atom stereocenters. The summed E-state index contributed by atoms with van der Waals surface area (Å²) >= 11 is 0. The van der Waals surface area contributed by atoms with Crippen molar-refractivity contribution < 1.29 is 14.7 Å². The van der Waals surface area contributed by atoms with Crippen molar-refractivity contribution in [1.82, 2.24) is 9.88 Å². The number of nitrogens with one attached hydrogen (secondary N) is 1. The highest BCUT2D eigenvalue weighted by Gasteiger charge is 2.42. The van der Waals surface area contributed by atoms with Gasteiger partial charge in [0, 0.05) is 23.6 Å². The van der Waals surface area contributed by atoms with Crippen LogP contribution in [0, 0.1) is 0 Å². The largest absolute Gasteiger partial charge is 0.503 e. The minimum absolute atomic E-state index is 0.179. The summed E-state index contributed by atoms with van der Waals surface area (Å²) in [5, 5.41) is 11.5. The maximum absolute atomic E-state index is 12.8. The first kappa shape index (κ1) is 19.0. The van der Waals surface area contributed by atoms with Crippen LogP contribution in [-0.4, -0.2) is 33.2 Å². The van der Waals surface area contributed by atoms with Crippen molar-refractivity contribution in [2.24, 2.45) is 0 Å². The molecule has 0 saturated heterocycles. The van der Waals surface area contributed by atoms with Gasteiger partial charge < -0.3 is 15.0 Å². The first-order valence-corrected chi connectivity index (χ1v) is 9.90. The van der Waals surface area contributed by atoms with Crippen molar-refractivity contribution in [2.75, 3.05) is 6.54 Å². The molecule has 0 radical (unpaired) electrons. The minimum atomic E-state index is -0.559. The van der Waals surface area contributed by atoms with Crippen molar-refractivity contribution in [3.05, 3.63) is 82.8 Å². The molecule has 3 aromatic rings. The number of amides is 1. The normalized spacial score (nSPS) is 16.8. The number of hydrogen-bond donors (Lipinski definition) is 2. The van der Waals surface area contributed by atoms with Gasteiger partial charge in [0.1, 0.15) is 0 Å². The molecular formula is C24H24N2O3. The predicted molar refractivity (Wildman–Crippen MR) is 113 cm³/mol. The van der Waals surface area contributed by atoms with E-state index in [9.17, 15) is 14.7 Å². The van der Waals surface area contributed by atoms with Crippen LogP contribution in [0.5, 0.6) is 0 Å². The van der Waals surface area contributed by atoms with Gasteiger partial charge in [-0.15, -0.1) is 0 Å². The van der Waals surface area contributed by atoms with Gasteiger partial charge in [-0.1, -0.05) is 49.4 Å². The fourth-order valence-corrected chi connectivity index (χ4v) is 4.11. The molecule has 5 heteroatoms. The number of aliphatic hydroxyl groups is 1. The summed E-state index contributed by atoms with van der Waals surface area (Å²) < 4.78 is 0. The Morgan fingerprint density at radius 2 is 1.86 bits per heavy atom. The highest BCUT2D eigenvalue weighted by molar-refractivity contribution is 6.08. The van der Waals surface area contributed by atoms with Crippen LogP contribution in [-0.2, 0) is 22.4 Å². The highest BCUT2D eigenvalue weighted by atomic mass is 16.3. The molecule has 1 amide bonds. The molecule has 0 fully saturated rings. The molecule has 1 aliphatic heterocycles. The standard InChI is InChI=1S/C24H24N2O3/c1-3-16-8-10-17(11-9-16)22-21(15(2)27)23(28)24(29)26(22)13-12-18-14-25-20-7-5-4-6-19(18)20/h4-11,14,22,25,28H,3,12-13H2,1-2H3/t22-/m0/s1. The van der Waals surface area contributed by atoms with E-state index >= 15 is 0 Å². The van der Waals surface area contributed by atoms with E-state index in [0.29, 0.717) is 13.0 Å². The minimum Gasteiger partial charge on any atom is -0.503 e. The molecule has 1 aliphatic rings. The Bertz CT molecular complexity index is 1110. The Kier molecular flexibility index (Phi) is 4.97. The van der Waals surface area contributed by atoms with Crippen LogP contribution in [0.4, 0.5) is 0 Å². The zero-order chi connectivity index (χ0) is 20.5. The summed E-state index contributed by atoms with van der Waals surface area (Å²) in [6.45, 7) is 3.88. The molecule has 0 bridgehead atoms. The van der Waals surface area contributed by atoms with Crippen LogP contribution < -0.4 is 0 Å². The Morgan fingerprint density at radius 1 is 1.14 bits per heavy atom. The average Bonchev–Trinajstić information content (AvgIpc) is 3.25. The molecule has 0 spiro atoms. The third-order valence-electron chi connectivity index (χ3n) is 5.68. The fourth-order valence-electron chi connectivity index (χ4n) is 4.11. The van der Waals surface area contributed by atoms with E-state index in [0.717, 1.165) is 28.5 Å². The van der Waals surface area contributed by atoms with Crippen molar-refractivity contribution in [3.8, 4) is 0 Å². The molecular weight excluding hydrogens is 364 g/mol. The number of carbonyl (C=O) groups is 2. The van der Waals surface area contributed by atoms with Gasteiger partial charge in [0.25, 0.3) is 5.91 Å². The molecule has 1 atom stereocenters. The number of benzene rings is 2. The molecule has 1 aromatic heterocycles. The molecule has 2 aromatic carbocycles. The van der Waals surface area contributed by atoms with Gasteiger partial charge >= 0.3 is 0 Å². The second-order valence-electron chi connectivity index (χ2n) is 7.42. The summed E-state index contributed by atoms with van der Waals surface area (Å²) in [4.78, 5) is 29.9. The van der Waals surface area contributed by atoms with Crippen LogP contribution in [0.1, 0.15) is 36.6 Å². The van der Waals surface area contributed by atoms with E-state index in [4.69, 9.17) is 0 Å². The topological polar surface area (TPSA) is 73.4 Å². The number of fused-ring (bicyclic) bond motifs is 1. The second-order valence-corrected chi connectivity index (χ2v) is 7.42. The summed E-state index contributed by atoms with van der Waals surface area (Å²) in [7, 11) is 0. The number of para-hydroxylation sites is 1. The SMILES string of the molecule is CCc1ccc([C@H]2C(C(C)=O)=C(O)C(=O)N2CCc2c[nH]c3ccccc23)cc1. The molecule has 29 heavy (non-hydrogen) atoms. The Labute approximate surface area is 169 Å². The zero-order valence-corrected chi connectivity index (χ0v) is 16.6. The van der Waals surface area contributed by atoms with Crippen LogP contribution in [0.2, 0.25) is 0 Å². The van der Waals surface area contributed by atoms with E-state index in [1.807, 2.05) is 54.7 Å². The Hall–Kier alpha value is -3.34. The Morgan fingerprint density at radius 3 is 2.55 bits per heavy atom. The fraction of sp³-hybridized carbons (Fsp3) is 0.250. The van der Waals surface area contributed by atoms with Crippen LogP contribution in [0.15, 0.2) is 66.1 Å². The lowest BCUT2D eigenvalue weighted by Crippen LogP contribution is -2.32. The quantitative estimate of drug-likeness (QED) is 0.663. The van der Waals surface area contributed by atoms with Crippen LogP contribution >= 0.6 is 0 Å². The van der Waals surface area contributed by atoms with E-state index in [1.165, 1.54) is 12.5 Å². The summed E-state index contributed by atoms with van der Waals surface area (Å²) in [6.07, 6.45) is 3.49. The van der Waals surface area contributed by atoms with Crippen molar-refractivity contribution >= 4 is 22.6 Å². The highest BCUT2D eigenvalue weighted by Crippen LogP contribution is 2.38. The third-order valence-corrected chi connectivity index (χ3v) is 5.68. The molecule has 0 saturated carbocycles. The third kappa shape index (κ3) is 3.33. The smallest absolute Gasteiger partial charge is 0.290 e. The summed E-state index contributed by atoms with van der Waals surface area (Å²) in [5.41, 5.74) is 4.35. The van der Waals surface area contributed by atoms with E-state index in [2.05, 4.69) is 11.9 Å². The number of aliphatic hydroxyl groups excluding tert-OH is 1. The molecule has 148 valence electrons. The second kappa shape index (κ2) is 7.59. The lowest BCUT2D eigenvalue weighted by atomic mass is 9.95. The molecule has 0 aliphatic carbocycles. The molecule has 5 nitrogen and oxygen atoms in total. The number of carbonyl (C=O) groups excluding carboxylic acids is 2. The first-order valence-electron chi connectivity index (χ1n) is 9.90. The molecule has 4 rings (SSSR count). The van der Waals surface area contributed by atoms with Crippen LogP contribution in [0.3, 0.4) is 0 Å². The first-order chi connectivity index (χ1) is 14.0. The zero-order valence-electron chi connectivity index (χ0n) is 16.6. The van der Waals surface area contributed by atoms with Crippen molar-refractivity contribution in [3.63, 3.8) is 0 Å². The van der Waals surface area contributed by atoms with Gasteiger partial charge in [0.05, 0.1) is 11.6 Å². The Balaban J connectivity index is 1.66. The number of Topliss-reactive ketones (excluding diaryl/α,β-unsaturated/α-hetero) is 1. The van der Waals surface area contributed by atoms with Gasteiger partial charge in [-0.25, -0.2) is 0 Å². The predicted octanol–water partition coefficient (Wildman–Crippen LogP) is 4.26. The van der Waals surface area contributed by atoms with Gasteiger partial charge in [-0.05, 0) is 42.5 Å². The summed E-state index contributed by atoms with van der Waals surface area (Å²) in [5.74, 6) is -1.20. The number of H-pyrrole nitrogens is 1. The van der Waals surface area contributed by atoms with Gasteiger partial charge in [0.2, 0.25) is 0 Å². The number of aromatic amines is 1. The number of nitrogens with zero attached hydrogens (tertiary/aromatic N) is 1. The summed E-state index contributed by atoms with van der Waals surface area (Å²) in [6, 6.07) is 15.4. The van der Waals surface area contributed by atoms with Gasteiger partial charge in [-0.3, -0.25) is 9.59 Å². The maximum atomic E-state index is 12.8. The number of ketones is 1. The molecule has 2 N–H and O–H groups in total. The van der Waals surface area contributed by atoms with Crippen molar-refractivity contribution in [2.45, 2.75) is 32.7 Å². The molecule has 2 heterocycles. The number of rotatable bonds is 6. The van der Waals surface area contributed by atoms with Crippen molar-refractivity contribution in [1.29, 1.82) is 0 Å². The average molecular weight is 388 g/mol. The number of aryl methyl sites for hydroxylation is 1. The number of aromatic nitrogens is 1. The van der Waals surface area contributed by atoms with E-state index < -0.39 is 17.7 Å². The lowest BCUT2D eigenvalue weighted by molar-refractivity contribution is -0.129.